The molecule has 0 aromatic carbocycles. The highest BCUT2D eigenvalue weighted by molar-refractivity contribution is 7.47. The molecule has 0 fully saturated rings. The Morgan fingerprint density at radius 2 is 0.678 bits per heavy atom. The summed E-state index contributed by atoms with van der Waals surface area (Å²) in [6.07, 6.45) is 107. The van der Waals surface area contributed by atoms with E-state index >= 15 is 0 Å². The van der Waals surface area contributed by atoms with Gasteiger partial charge in [-0.25, -0.2) is 4.57 Å². The van der Waals surface area contributed by atoms with Crippen LogP contribution in [0, 0.1) is 0 Å². The van der Waals surface area contributed by atoms with Crippen molar-refractivity contribution < 1.29 is 32.9 Å². The van der Waals surface area contributed by atoms with E-state index < -0.39 is 20.0 Å². The zero-order valence-electron chi connectivity index (χ0n) is 59.1. The summed E-state index contributed by atoms with van der Waals surface area (Å²) in [5, 5.41) is 14.0. The summed E-state index contributed by atoms with van der Waals surface area (Å²) in [4.78, 5) is 23.4. The second-order valence-electron chi connectivity index (χ2n) is 25.9. The van der Waals surface area contributed by atoms with E-state index in [9.17, 15) is 19.4 Å². The second kappa shape index (κ2) is 69.7. The summed E-state index contributed by atoms with van der Waals surface area (Å²) >= 11 is 0. The Morgan fingerprint density at radius 3 is 1.02 bits per heavy atom. The maximum atomic E-state index is 13.1. The first-order valence-electron chi connectivity index (χ1n) is 37.2. The van der Waals surface area contributed by atoms with Gasteiger partial charge in [-0.3, -0.25) is 13.8 Å². The zero-order valence-corrected chi connectivity index (χ0v) is 60.0. The fraction of sp³-hybridized carbons (Fsp3) is 0.691. The molecule has 3 N–H and O–H groups in total. The first kappa shape index (κ1) is 86.4. The number of allylic oxidation sites excluding steroid dienone is 23. The van der Waals surface area contributed by atoms with Crippen LogP contribution in [0.5, 0.6) is 0 Å². The van der Waals surface area contributed by atoms with Crippen LogP contribution in [0.4, 0.5) is 0 Å². The van der Waals surface area contributed by atoms with Crippen LogP contribution in [0.3, 0.4) is 0 Å². The standard InChI is InChI=1S/C81H141N2O6P/c1-6-8-10-12-14-16-18-20-22-24-26-28-30-32-34-36-37-38-39-40-41-42-43-44-45-47-49-51-53-55-57-59-61-63-65-67-69-71-73-75-81(85)82-79(78-89-90(86,87)88-77-76-83(3,4)5)80(84)74-72-70-68-66-64-62-60-58-56-54-52-50-48-46-35-33-31-29-27-25-23-21-19-17-15-13-11-9-7-2/h8,10,14,16,20,22,26,28,32,34,37-38,40-41,43-44,47,49,56,58,64,66,72,74,79-80,84H,6-7,9,11-13,15,17-19,21,23-25,27,29-31,33,35-36,39,42,45-46,48,50-55,57,59-63,65,67-71,73,75-78H2,1-5H3,(H-,82,85,86,87)/p+1/b10-8-,16-14-,22-20-,28-26-,34-32-,38-37-,41-40-,44-43-,49-47-,58-56+,66-64+,74-72+. The van der Waals surface area contributed by atoms with Gasteiger partial charge in [-0.2, -0.15) is 0 Å². The van der Waals surface area contributed by atoms with Gasteiger partial charge in [0, 0.05) is 6.42 Å². The van der Waals surface area contributed by atoms with E-state index in [2.05, 4.69) is 153 Å². The van der Waals surface area contributed by atoms with Crippen LogP contribution in [0.15, 0.2) is 146 Å². The van der Waals surface area contributed by atoms with E-state index in [1.807, 2.05) is 27.2 Å². The predicted octanol–water partition coefficient (Wildman–Crippen LogP) is 24.3. The fourth-order valence-corrected chi connectivity index (χ4v) is 11.0. The highest BCUT2D eigenvalue weighted by Gasteiger charge is 2.28. The summed E-state index contributed by atoms with van der Waals surface area (Å²) in [5.74, 6) is -0.197. The van der Waals surface area contributed by atoms with Crippen LogP contribution in [0.25, 0.3) is 0 Å². The first-order valence-corrected chi connectivity index (χ1v) is 38.7. The van der Waals surface area contributed by atoms with Gasteiger partial charge in [-0.15, -0.1) is 0 Å². The molecule has 0 radical (unpaired) electrons. The highest BCUT2D eigenvalue weighted by atomic mass is 31.2. The number of aliphatic hydroxyl groups excluding tert-OH is 1. The van der Waals surface area contributed by atoms with Gasteiger partial charge in [0.15, 0.2) is 0 Å². The summed E-state index contributed by atoms with van der Waals surface area (Å²) in [6, 6.07) is -0.883. The van der Waals surface area contributed by atoms with E-state index in [0.29, 0.717) is 17.4 Å². The number of phosphoric ester groups is 1. The molecule has 0 heterocycles. The van der Waals surface area contributed by atoms with Crippen molar-refractivity contribution in [3.05, 3.63) is 146 Å². The van der Waals surface area contributed by atoms with E-state index in [0.717, 1.165) is 109 Å². The number of phosphoric acid groups is 1. The number of carbonyl (C=O) groups is 1. The van der Waals surface area contributed by atoms with Crippen molar-refractivity contribution in [1.82, 2.24) is 5.32 Å². The molecule has 0 aliphatic rings. The molecule has 3 unspecified atom stereocenters. The molecule has 0 aromatic rings. The van der Waals surface area contributed by atoms with Gasteiger partial charge in [0.2, 0.25) is 5.91 Å². The Morgan fingerprint density at radius 1 is 0.389 bits per heavy atom. The number of aliphatic hydroxyl groups is 1. The Kier molecular flexibility index (Phi) is 66.9. The van der Waals surface area contributed by atoms with Crippen LogP contribution in [0.1, 0.15) is 309 Å². The van der Waals surface area contributed by atoms with Crippen LogP contribution < -0.4 is 5.32 Å². The van der Waals surface area contributed by atoms with Gasteiger partial charge in [0.25, 0.3) is 0 Å². The van der Waals surface area contributed by atoms with E-state index in [-0.39, 0.29) is 19.1 Å². The minimum absolute atomic E-state index is 0.0466. The molecule has 516 valence electrons. The molecule has 3 atom stereocenters. The molecule has 0 aromatic heterocycles. The van der Waals surface area contributed by atoms with Crippen LogP contribution in [-0.2, 0) is 18.4 Å². The van der Waals surface area contributed by atoms with E-state index in [1.165, 1.54) is 180 Å². The zero-order chi connectivity index (χ0) is 65.5. The van der Waals surface area contributed by atoms with Gasteiger partial charge in [-0.05, 0) is 116 Å². The van der Waals surface area contributed by atoms with E-state index in [4.69, 9.17) is 9.05 Å². The quantitative estimate of drug-likeness (QED) is 0.0243. The lowest BCUT2D eigenvalue weighted by Gasteiger charge is -2.25. The molecule has 1 amide bonds. The molecule has 0 saturated heterocycles. The third-order valence-corrected chi connectivity index (χ3v) is 17.0. The lowest BCUT2D eigenvalue weighted by molar-refractivity contribution is -0.870. The first-order chi connectivity index (χ1) is 44.0. The van der Waals surface area contributed by atoms with Crippen molar-refractivity contribution in [1.29, 1.82) is 0 Å². The normalized spacial score (nSPS) is 14.4. The number of carbonyl (C=O) groups excluding carboxylic acids is 1. The lowest BCUT2D eigenvalue weighted by atomic mass is 10.0. The maximum absolute atomic E-state index is 13.1. The van der Waals surface area contributed by atoms with Crippen molar-refractivity contribution in [2.75, 3.05) is 40.9 Å². The van der Waals surface area contributed by atoms with Gasteiger partial charge in [-0.1, -0.05) is 333 Å². The van der Waals surface area contributed by atoms with Crippen molar-refractivity contribution in [2.45, 2.75) is 321 Å². The Bertz CT molecular complexity index is 1980. The number of likely N-dealkylation sites (N-methyl/N-ethyl adjacent to an activating group) is 1. The van der Waals surface area contributed by atoms with Crippen molar-refractivity contribution >= 4 is 13.7 Å². The molecule has 90 heavy (non-hydrogen) atoms. The molecule has 9 heteroatoms. The Balaban J connectivity index is 4.15. The fourth-order valence-electron chi connectivity index (χ4n) is 10.3. The molecule has 0 rings (SSSR count). The molecule has 0 aliphatic carbocycles. The molecule has 0 spiro atoms. The predicted molar refractivity (Wildman–Crippen MR) is 396 cm³/mol. The average Bonchev–Trinajstić information content (AvgIpc) is 3.72. The molecular formula is C81H142N2O6P+. The summed E-state index contributed by atoms with van der Waals surface area (Å²) in [5.41, 5.74) is 0. The van der Waals surface area contributed by atoms with Crippen molar-refractivity contribution in [2.24, 2.45) is 0 Å². The van der Waals surface area contributed by atoms with Crippen LogP contribution >= 0.6 is 7.82 Å². The van der Waals surface area contributed by atoms with Gasteiger partial charge in [0.05, 0.1) is 39.9 Å². The summed E-state index contributed by atoms with van der Waals surface area (Å²) in [7, 11) is 1.53. The van der Waals surface area contributed by atoms with Crippen LogP contribution in [-0.4, -0.2) is 73.4 Å². The number of unbranched alkanes of at least 4 members (excludes halogenated alkanes) is 32. The maximum Gasteiger partial charge on any atom is 0.472 e. The number of quaternary nitrogens is 1. The number of nitrogens with one attached hydrogen (secondary N) is 1. The molecule has 0 aliphatic heterocycles. The number of rotatable bonds is 67. The Hall–Kier alpha value is -3.62. The minimum atomic E-state index is -4.38. The van der Waals surface area contributed by atoms with Gasteiger partial charge >= 0.3 is 7.82 Å². The van der Waals surface area contributed by atoms with Gasteiger partial charge in [0.1, 0.15) is 13.2 Å². The number of hydrogen-bond donors (Lipinski definition) is 3. The largest absolute Gasteiger partial charge is 0.472 e. The number of hydrogen-bond acceptors (Lipinski definition) is 5. The van der Waals surface area contributed by atoms with Crippen LogP contribution in [0.2, 0.25) is 0 Å². The molecular weight excluding hydrogens is 1130 g/mol. The third kappa shape index (κ3) is 71.8. The van der Waals surface area contributed by atoms with Crippen molar-refractivity contribution in [3.63, 3.8) is 0 Å². The number of amides is 1. The van der Waals surface area contributed by atoms with E-state index in [1.54, 1.807) is 6.08 Å². The highest BCUT2D eigenvalue weighted by Crippen LogP contribution is 2.43. The SMILES string of the molecule is CC/C=C\C/C=C\C/C=C\C/C=C\C/C=C\C/C=C\C/C=C\C/C=C\C/C=C\CCCCCCCCCCCCCC(=O)NC(COP(=O)(O)OCC[N+](C)(C)C)C(O)/C=C/CC/C=C/CC/C=C/CCCCCCCCCCCCCCCCCCCCC. The topological polar surface area (TPSA) is 105 Å². The lowest BCUT2D eigenvalue weighted by Crippen LogP contribution is -2.45. The molecule has 0 saturated carbocycles. The minimum Gasteiger partial charge on any atom is -0.387 e. The Labute approximate surface area is 557 Å². The third-order valence-electron chi connectivity index (χ3n) is 16.0. The smallest absolute Gasteiger partial charge is 0.387 e. The van der Waals surface area contributed by atoms with Gasteiger partial charge < -0.3 is 19.8 Å². The summed E-state index contributed by atoms with van der Waals surface area (Å²) < 4.78 is 23.8. The monoisotopic (exact) mass is 1270 g/mol. The average molecular weight is 1270 g/mol. The second-order valence-corrected chi connectivity index (χ2v) is 27.4. The number of nitrogens with zero attached hydrogens (tertiary/aromatic N) is 1. The summed E-state index contributed by atoms with van der Waals surface area (Å²) in [6.45, 7) is 4.69. The van der Waals surface area contributed by atoms with Crippen molar-refractivity contribution in [3.8, 4) is 0 Å². The molecule has 0 bridgehead atoms. The molecule has 8 nitrogen and oxygen atoms in total.